The molecule has 1 N–H and O–H groups in total. The third-order valence-electron chi connectivity index (χ3n) is 3.63. The maximum atomic E-state index is 11.7. The number of pyridine rings is 1. The predicted molar refractivity (Wildman–Crippen MR) is 69.7 cm³/mol. The molecule has 6 nitrogen and oxygen atoms in total. The highest BCUT2D eigenvalue weighted by Crippen LogP contribution is 2.18. The van der Waals surface area contributed by atoms with Gasteiger partial charge in [0.05, 0.1) is 6.04 Å². The van der Waals surface area contributed by atoms with Crippen LogP contribution in [-0.4, -0.2) is 53.9 Å². The average molecular weight is 260 g/mol. The molecular formula is C13H16N4O2. The molecule has 1 aromatic rings. The Morgan fingerprint density at radius 3 is 2.95 bits per heavy atom. The van der Waals surface area contributed by atoms with Crippen LogP contribution in [0.4, 0.5) is 5.82 Å². The van der Waals surface area contributed by atoms with Crippen LogP contribution >= 0.6 is 0 Å². The maximum absolute atomic E-state index is 11.7. The van der Waals surface area contributed by atoms with Crippen LogP contribution in [0.3, 0.4) is 0 Å². The number of nitrogens with one attached hydrogen (secondary N) is 1. The number of piperazine rings is 2. The Morgan fingerprint density at radius 1 is 1.32 bits per heavy atom. The lowest BCUT2D eigenvalue weighted by Gasteiger charge is -2.43. The van der Waals surface area contributed by atoms with Gasteiger partial charge in [0.15, 0.2) is 0 Å². The van der Waals surface area contributed by atoms with Gasteiger partial charge in [-0.15, -0.1) is 0 Å². The number of aryl methyl sites for hydroxylation is 1. The third kappa shape index (κ3) is 2.14. The number of aromatic nitrogens is 1. The summed E-state index contributed by atoms with van der Waals surface area (Å²) in [6.07, 6.45) is 0. The second kappa shape index (κ2) is 4.53. The molecule has 1 atom stereocenters. The molecule has 0 aliphatic carbocycles. The zero-order chi connectivity index (χ0) is 13.4. The summed E-state index contributed by atoms with van der Waals surface area (Å²) in [6, 6.07) is 5.97. The molecule has 0 bridgehead atoms. The molecule has 3 rings (SSSR count). The first-order valence-electron chi connectivity index (χ1n) is 6.42. The summed E-state index contributed by atoms with van der Waals surface area (Å²) in [7, 11) is 0. The summed E-state index contributed by atoms with van der Waals surface area (Å²) in [5, 5.41) is 2.64. The summed E-state index contributed by atoms with van der Waals surface area (Å²) >= 11 is 0. The quantitative estimate of drug-likeness (QED) is 0.694. The van der Waals surface area contributed by atoms with Crippen LogP contribution in [0.15, 0.2) is 18.2 Å². The minimum atomic E-state index is -0.488. The Balaban J connectivity index is 1.76. The maximum Gasteiger partial charge on any atom is 0.312 e. The van der Waals surface area contributed by atoms with Crippen LogP contribution in [0.25, 0.3) is 0 Å². The summed E-state index contributed by atoms with van der Waals surface area (Å²) in [4.78, 5) is 31.4. The van der Waals surface area contributed by atoms with Gasteiger partial charge in [0, 0.05) is 31.9 Å². The number of nitrogens with zero attached hydrogens (tertiary/aromatic N) is 3. The zero-order valence-electron chi connectivity index (χ0n) is 10.8. The molecule has 1 unspecified atom stereocenters. The second-order valence-corrected chi connectivity index (χ2v) is 4.95. The van der Waals surface area contributed by atoms with Crippen LogP contribution in [0, 0.1) is 6.92 Å². The second-order valence-electron chi connectivity index (χ2n) is 4.95. The topological polar surface area (TPSA) is 65.5 Å². The number of fused-ring (bicyclic) bond motifs is 1. The van der Waals surface area contributed by atoms with Crippen LogP contribution in [-0.2, 0) is 9.59 Å². The van der Waals surface area contributed by atoms with E-state index in [1.165, 1.54) is 0 Å². The highest BCUT2D eigenvalue weighted by Gasteiger charge is 2.37. The van der Waals surface area contributed by atoms with Crippen molar-refractivity contribution in [3.63, 3.8) is 0 Å². The lowest BCUT2D eigenvalue weighted by Crippen LogP contribution is -2.65. The van der Waals surface area contributed by atoms with Crippen molar-refractivity contribution in [3.05, 3.63) is 23.9 Å². The summed E-state index contributed by atoms with van der Waals surface area (Å²) < 4.78 is 0. The van der Waals surface area contributed by atoms with Gasteiger partial charge in [-0.05, 0) is 19.1 Å². The van der Waals surface area contributed by atoms with Gasteiger partial charge in [-0.1, -0.05) is 6.07 Å². The van der Waals surface area contributed by atoms with Gasteiger partial charge in [0.2, 0.25) is 0 Å². The predicted octanol–water partition coefficient (Wildman–Crippen LogP) is -0.463. The van der Waals surface area contributed by atoms with Crippen LogP contribution in [0.5, 0.6) is 0 Å². The SMILES string of the molecule is Cc1cccc(N2CCN3C(=O)C(=O)NCC3C2)n1. The molecule has 1 aromatic heterocycles. The van der Waals surface area contributed by atoms with Crippen molar-refractivity contribution in [2.75, 3.05) is 31.1 Å². The van der Waals surface area contributed by atoms with E-state index >= 15 is 0 Å². The monoisotopic (exact) mass is 260 g/mol. The first-order valence-corrected chi connectivity index (χ1v) is 6.42. The molecule has 6 heteroatoms. The Hall–Kier alpha value is -2.11. The molecule has 0 spiro atoms. The van der Waals surface area contributed by atoms with E-state index in [1.54, 1.807) is 4.90 Å². The number of carbonyl (C=O) groups excluding carboxylic acids is 2. The van der Waals surface area contributed by atoms with Crippen molar-refractivity contribution in [3.8, 4) is 0 Å². The fourth-order valence-corrected chi connectivity index (χ4v) is 2.63. The number of hydrogen-bond donors (Lipinski definition) is 1. The Kier molecular flexibility index (Phi) is 2.85. The van der Waals surface area contributed by atoms with E-state index in [2.05, 4.69) is 15.2 Å². The molecule has 100 valence electrons. The minimum absolute atomic E-state index is 0.0428. The van der Waals surface area contributed by atoms with E-state index < -0.39 is 11.8 Å². The molecule has 2 aliphatic rings. The Labute approximate surface area is 111 Å². The van der Waals surface area contributed by atoms with Crippen LogP contribution < -0.4 is 10.2 Å². The number of anilines is 1. The van der Waals surface area contributed by atoms with Gasteiger partial charge >= 0.3 is 11.8 Å². The van der Waals surface area contributed by atoms with Gasteiger partial charge in [0.1, 0.15) is 5.82 Å². The van der Waals surface area contributed by atoms with E-state index in [4.69, 9.17) is 0 Å². The fraction of sp³-hybridized carbons (Fsp3) is 0.462. The van der Waals surface area contributed by atoms with Crippen molar-refractivity contribution < 1.29 is 9.59 Å². The summed E-state index contributed by atoms with van der Waals surface area (Å²) in [5.74, 6) is 0.0375. The lowest BCUT2D eigenvalue weighted by atomic mass is 10.1. The molecule has 2 fully saturated rings. The molecule has 0 aromatic carbocycles. The van der Waals surface area contributed by atoms with Crippen molar-refractivity contribution in [1.29, 1.82) is 0 Å². The summed E-state index contributed by atoms with van der Waals surface area (Å²) in [5.41, 5.74) is 0.980. The first kappa shape index (κ1) is 12.0. The van der Waals surface area contributed by atoms with E-state index in [0.717, 1.165) is 11.5 Å². The van der Waals surface area contributed by atoms with E-state index in [1.807, 2.05) is 25.1 Å². The Bertz CT molecular complexity index is 531. The number of rotatable bonds is 1. The molecule has 0 radical (unpaired) electrons. The van der Waals surface area contributed by atoms with Crippen LogP contribution in [0.2, 0.25) is 0 Å². The first-order chi connectivity index (χ1) is 9.15. The average Bonchev–Trinajstić information content (AvgIpc) is 2.43. The molecule has 0 saturated carbocycles. The summed E-state index contributed by atoms with van der Waals surface area (Å²) in [6.45, 7) is 4.48. The molecule has 3 heterocycles. The highest BCUT2D eigenvalue weighted by atomic mass is 16.2. The van der Waals surface area contributed by atoms with Gasteiger partial charge in [-0.25, -0.2) is 4.98 Å². The minimum Gasteiger partial charge on any atom is -0.353 e. The van der Waals surface area contributed by atoms with Gasteiger partial charge < -0.3 is 15.1 Å². The molecular weight excluding hydrogens is 244 g/mol. The number of carbonyl (C=O) groups is 2. The van der Waals surface area contributed by atoms with Crippen LogP contribution in [0.1, 0.15) is 5.69 Å². The van der Waals surface area contributed by atoms with Crippen molar-refractivity contribution in [1.82, 2.24) is 15.2 Å². The van der Waals surface area contributed by atoms with E-state index in [-0.39, 0.29) is 6.04 Å². The fourth-order valence-electron chi connectivity index (χ4n) is 2.63. The van der Waals surface area contributed by atoms with Gasteiger partial charge in [-0.3, -0.25) is 9.59 Å². The van der Waals surface area contributed by atoms with Gasteiger partial charge in [-0.2, -0.15) is 0 Å². The lowest BCUT2D eigenvalue weighted by molar-refractivity contribution is -0.150. The normalized spacial score (nSPS) is 23.1. The van der Waals surface area contributed by atoms with E-state index in [9.17, 15) is 9.59 Å². The highest BCUT2D eigenvalue weighted by molar-refractivity contribution is 6.35. The molecule has 2 aliphatic heterocycles. The number of amides is 2. The third-order valence-corrected chi connectivity index (χ3v) is 3.63. The molecule has 2 amide bonds. The van der Waals surface area contributed by atoms with Crippen molar-refractivity contribution in [2.24, 2.45) is 0 Å². The zero-order valence-corrected chi connectivity index (χ0v) is 10.8. The molecule has 19 heavy (non-hydrogen) atoms. The smallest absolute Gasteiger partial charge is 0.312 e. The van der Waals surface area contributed by atoms with E-state index in [0.29, 0.717) is 26.2 Å². The van der Waals surface area contributed by atoms with Gasteiger partial charge in [0.25, 0.3) is 0 Å². The van der Waals surface area contributed by atoms with Crippen molar-refractivity contribution >= 4 is 17.6 Å². The molecule has 2 saturated heterocycles. The largest absolute Gasteiger partial charge is 0.353 e. The Morgan fingerprint density at radius 2 is 2.16 bits per heavy atom. The van der Waals surface area contributed by atoms with Crippen molar-refractivity contribution in [2.45, 2.75) is 13.0 Å². The standard InChI is InChI=1S/C13H16N4O2/c1-9-3-2-4-11(15-9)16-5-6-17-10(8-16)7-14-12(18)13(17)19/h2-4,10H,5-8H2,1H3,(H,14,18). The number of hydrogen-bond acceptors (Lipinski definition) is 4.